The van der Waals surface area contributed by atoms with Crippen LogP contribution in [0.3, 0.4) is 0 Å². The topological polar surface area (TPSA) is 38.3 Å². The molecule has 0 bridgehead atoms. The molecule has 0 aromatic carbocycles. The van der Waals surface area contributed by atoms with Gasteiger partial charge in [0.15, 0.2) is 0 Å². The highest BCUT2D eigenvalue weighted by Crippen LogP contribution is 2.24. The van der Waals surface area contributed by atoms with Crippen molar-refractivity contribution >= 4 is 21.8 Å². The molecule has 1 fully saturated rings. The van der Waals surface area contributed by atoms with Crippen LogP contribution in [0.1, 0.15) is 39.5 Å². The quantitative estimate of drug-likeness (QED) is 0.791. The van der Waals surface area contributed by atoms with Crippen LogP contribution in [-0.2, 0) is 9.53 Å². The molecule has 0 aromatic heterocycles. The Hall–Kier alpha value is -0.0900. The van der Waals surface area contributed by atoms with Gasteiger partial charge >= 0.3 is 0 Å². The van der Waals surface area contributed by atoms with Crippen LogP contribution in [0.25, 0.3) is 0 Å². The Morgan fingerprint density at radius 1 is 1.38 bits per heavy atom. The van der Waals surface area contributed by atoms with Gasteiger partial charge in [0.25, 0.3) is 0 Å². The maximum Gasteiger partial charge on any atom is 0.223 e. The number of carbonyl (C=O) groups is 1. The summed E-state index contributed by atoms with van der Waals surface area (Å²) in [7, 11) is 0. The second-order valence-electron chi connectivity index (χ2n) is 4.53. The number of halogens is 1. The lowest BCUT2D eigenvalue weighted by molar-refractivity contribution is -0.128. The van der Waals surface area contributed by atoms with Gasteiger partial charge in [0.2, 0.25) is 5.91 Å². The highest BCUT2D eigenvalue weighted by atomic mass is 79.9. The van der Waals surface area contributed by atoms with Crippen LogP contribution < -0.4 is 5.32 Å². The van der Waals surface area contributed by atoms with Crippen LogP contribution in [0.5, 0.6) is 0 Å². The molecule has 1 N–H and O–H groups in total. The fourth-order valence-corrected chi connectivity index (χ4v) is 2.78. The molecule has 0 spiro atoms. The van der Waals surface area contributed by atoms with E-state index in [0.717, 1.165) is 44.2 Å². The molecule has 1 amide bonds. The fourth-order valence-electron chi connectivity index (χ4n) is 2.08. The van der Waals surface area contributed by atoms with Gasteiger partial charge in [-0.25, -0.2) is 0 Å². The van der Waals surface area contributed by atoms with Crippen LogP contribution in [0.4, 0.5) is 0 Å². The summed E-state index contributed by atoms with van der Waals surface area (Å²) in [5.41, 5.74) is -0.0854. The van der Waals surface area contributed by atoms with Crippen molar-refractivity contribution in [3.8, 4) is 0 Å². The number of hydrogen-bond donors (Lipinski definition) is 1. The molecule has 1 heterocycles. The lowest BCUT2D eigenvalue weighted by Gasteiger charge is -2.37. The number of carbonyl (C=O) groups excluding carboxylic acids is 1. The van der Waals surface area contributed by atoms with Gasteiger partial charge in [0, 0.05) is 24.5 Å². The average Bonchev–Trinajstić information content (AvgIpc) is 2.32. The molecule has 16 heavy (non-hydrogen) atoms. The van der Waals surface area contributed by atoms with Crippen molar-refractivity contribution in [1.29, 1.82) is 0 Å². The highest BCUT2D eigenvalue weighted by Gasteiger charge is 2.34. The molecule has 1 aliphatic rings. The van der Waals surface area contributed by atoms with Gasteiger partial charge in [-0.15, -0.1) is 0 Å². The lowest BCUT2D eigenvalue weighted by atomic mass is 9.90. The Kier molecular flexibility index (Phi) is 5.76. The minimum absolute atomic E-state index is 0.0854. The number of ether oxygens (including phenoxy) is 1. The molecule has 3 nitrogen and oxygen atoms in total. The molecule has 0 atom stereocenters. The Morgan fingerprint density at radius 2 is 1.94 bits per heavy atom. The first kappa shape index (κ1) is 14.0. The van der Waals surface area contributed by atoms with Crippen molar-refractivity contribution in [2.24, 2.45) is 5.92 Å². The molecule has 94 valence electrons. The van der Waals surface area contributed by atoms with E-state index in [2.05, 4.69) is 35.1 Å². The number of alkyl halides is 1. The zero-order chi connectivity index (χ0) is 12.0. The first-order valence-corrected chi connectivity index (χ1v) is 7.25. The smallest absolute Gasteiger partial charge is 0.223 e. The maximum absolute atomic E-state index is 12.1. The minimum atomic E-state index is -0.0854. The minimum Gasteiger partial charge on any atom is -0.381 e. The normalized spacial score (nSPS) is 19.8. The van der Waals surface area contributed by atoms with Crippen LogP contribution in [0, 0.1) is 5.92 Å². The molecule has 0 aromatic rings. The van der Waals surface area contributed by atoms with E-state index in [9.17, 15) is 4.79 Å². The zero-order valence-corrected chi connectivity index (χ0v) is 11.8. The van der Waals surface area contributed by atoms with Gasteiger partial charge in [0.1, 0.15) is 0 Å². The van der Waals surface area contributed by atoms with Crippen LogP contribution in [0.15, 0.2) is 0 Å². The predicted molar refractivity (Wildman–Crippen MR) is 68.8 cm³/mol. The van der Waals surface area contributed by atoms with E-state index in [0.29, 0.717) is 0 Å². The van der Waals surface area contributed by atoms with Gasteiger partial charge in [-0.1, -0.05) is 29.8 Å². The Morgan fingerprint density at radius 3 is 2.38 bits per heavy atom. The van der Waals surface area contributed by atoms with Crippen LogP contribution in [-0.4, -0.2) is 30.0 Å². The van der Waals surface area contributed by atoms with Crippen molar-refractivity contribution < 1.29 is 9.53 Å². The number of nitrogens with one attached hydrogen (secondary N) is 1. The number of amides is 1. The third kappa shape index (κ3) is 3.45. The first-order chi connectivity index (χ1) is 7.67. The monoisotopic (exact) mass is 291 g/mol. The van der Waals surface area contributed by atoms with E-state index in [1.165, 1.54) is 0 Å². The van der Waals surface area contributed by atoms with Gasteiger partial charge in [-0.2, -0.15) is 0 Å². The second kappa shape index (κ2) is 6.60. The summed E-state index contributed by atoms with van der Waals surface area (Å²) in [6.07, 6.45) is 3.64. The average molecular weight is 292 g/mol. The van der Waals surface area contributed by atoms with Crippen molar-refractivity contribution in [1.82, 2.24) is 5.32 Å². The Labute approximate surface area is 106 Å². The summed E-state index contributed by atoms with van der Waals surface area (Å²) in [5.74, 6) is 0.352. The third-order valence-electron chi connectivity index (χ3n) is 3.45. The lowest BCUT2D eigenvalue weighted by Crippen LogP contribution is -2.54. The molecule has 1 aliphatic heterocycles. The molecule has 1 rings (SSSR count). The van der Waals surface area contributed by atoms with Crippen LogP contribution in [0.2, 0.25) is 0 Å². The third-order valence-corrected chi connectivity index (χ3v) is 4.52. The summed E-state index contributed by atoms with van der Waals surface area (Å²) in [6.45, 7) is 5.63. The second-order valence-corrected chi connectivity index (χ2v) is 5.09. The van der Waals surface area contributed by atoms with Crippen LogP contribution >= 0.6 is 15.9 Å². The van der Waals surface area contributed by atoms with E-state index in [1.54, 1.807) is 0 Å². The molecule has 0 saturated carbocycles. The summed E-state index contributed by atoms with van der Waals surface area (Å²) in [6, 6.07) is 0. The molecule has 0 aliphatic carbocycles. The van der Waals surface area contributed by atoms with Crippen molar-refractivity contribution in [3.05, 3.63) is 0 Å². The standard InChI is InChI=1S/C12H22BrNO2/c1-3-10(4-2)11(15)14-12(9-13)5-7-16-8-6-12/h10H,3-9H2,1-2H3,(H,14,15). The van der Waals surface area contributed by atoms with E-state index >= 15 is 0 Å². The molecule has 4 heteroatoms. The number of rotatable bonds is 5. The van der Waals surface area contributed by atoms with Gasteiger partial charge < -0.3 is 10.1 Å². The molecule has 0 radical (unpaired) electrons. The van der Waals surface area contributed by atoms with E-state index in [1.807, 2.05) is 0 Å². The van der Waals surface area contributed by atoms with Gasteiger partial charge in [0.05, 0.1) is 5.54 Å². The molecule has 0 unspecified atom stereocenters. The predicted octanol–water partition coefficient (Wildman–Crippen LogP) is 2.48. The highest BCUT2D eigenvalue weighted by molar-refractivity contribution is 9.09. The van der Waals surface area contributed by atoms with Gasteiger partial charge in [-0.3, -0.25) is 4.79 Å². The SMILES string of the molecule is CCC(CC)C(=O)NC1(CBr)CCOCC1. The summed E-state index contributed by atoms with van der Waals surface area (Å²) < 4.78 is 5.35. The summed E-state index contributed by atoms with van der Waals surface area (Å²) >= 11 is 3.52. The van der Waals surface area contributed by atoms with Crippen molar-refractivity contribution in [2.75, 3.05) is 18.5 Å². The maximum atomic E-state index is 12.1. The molecule has 1 saturated heterocycles. The van der Waals surface area contributed by atoms with E-state index in [4.69, 9.17) is 4.74 Å². The Balaban J connectivity index is 2.57. The first-order valence-electron chi connectivity index (χ1n) is 6.13. The van der Waals surface area contributed by atoms with Crippen molar-refractivity contribution in [3.63, 3.8) is 0 Å². The van der Waals surface area contributed by atoms with Gasteiger partial charge in [-0.05, 0) is 25.7 Å². The van der Waals surface area contributed by atoms with E-state index in [-0.39, 0.29) is 17.4 Å². The Bertz CT molecular complexity index is 223. The number of hydrogen-bond acceptors (Lipinski definition) is 2. The summed E-state index contributed by atoms with van der Waals surface area (Å²) in [4.78, 5) is 12.1. The summed E-state index contributed by atoms with van der Waals surface area (Å²) in [5, 5.41) is 4.03. The molecular formula is C12H22BrNO2. The zero-order valence-electron chi connectivity index (χ0n) is 10.2. The molecular weight excluding hydrogens is 270 g/mol. The fraction of sp³-hybridized carbons (Fsp3) is 0.917. The largest absolute Gasteiger partial charge is 0.381 e. The van der Waals surface area contributed by atoms with E-state index < -0.39 is 0 Å². The van der Waals surface area contributed by atoms with Crippen molar-refractivity contribution in [2.45, 2.75) is 45.1 Å².